The van der Waals surface area contributed by atoms with Gasteiger partial charge in [-0.05, 0) is 37.5 Å². The summed E-state index contributed by atoms with van der Waals surface area (Å²) in [4.78, 5) is 72.9. The van der Waals surface area contributed by atoms with Crippen molar-refractivity contribution in [1.29, 1.82) is 0 Å². The van der Waals surface area contributed by atoms with Crippen LogP contribution in [0.4, 0.5) is 0 Å². The van der Waals surface area contributed by atoms with Gasteiger partial charge in [-0.15, -0.1) is 0 Å². The van der Waals surface area contributed by atoms with Crippen molar-refractivity contribution in [3.05, 3.63) is 0 Å². The Labute approximate surface area is 607 Å². The zero-order chi connectivity index (χ0) is 72.8. The first-order chi connectivity index (χ1) is 47.9. The van der Waals surface area contributed by atoms with Gasteiger partial charge in [0, 0.05) is 25.7 Å². The number of carbonyl (C=O) groups excluding carboxylic acids is 4. The molecule has 0 aliphatic heterocycles. The molecule has 0 saturated carbocycles. The maximum Gasteiger partial charge on any atom is 0.472 e. The molecule has 0 aliphatic rings. The smallest absolute Gasteiger partial charge is 0.462 e. The van der Waals surface area contributed by atoms with Crippen LogP contribution in [0.5, 0.6) is 0 Å². The summed E-state index contributed by atoms with van der Waals surface area (Å²) in [6.45, 7) is 9.51. The van der Waals surface area contributed by atoms with E-state index < -0.39 is 97.5 Å². The second-order valence-corrected chi connectivity index (χ2v) is 32.7. The second kappa shape index (κ2) is 71.7. The van der Waals surface area contributed by atoms with Gasteiger partial charge >= 0.3 is 39.5 Å². The van der Waals surface area contributed by atoms with Crippen molar-refractivity contribution in [2.24, 2.45) is 11.8 Å². The van der Waals surface area contributed by atoms with Gasteiger partial charge in [-0.2, -0.15) is 0 Å². The lowest BCUT2D eigenvalue weighted by atomic mass is 10.0. The predicted molar refractivity (Wildman–Crippen MR) is 405 cm³/mol. The summed E-state index contributed by atoms with van der Waals surface area (Å²) < 4.78 is 68.6. The van der Waals surface area contributed by atoms with Crippen molar-refractivity contribution < 1.29 is 80.2 Å². The van der Waals surface area contributed by atoms with E-state index in [1.165, 1.54) is 231 Å². The molecule has 0 radical (unpaired) electrons. The number of hydrogen-bond acceptors (Lipinski definition) is 15. The van der Waals surface area contributed by atoms with Gasteiger partial charge in [0.15, 0.2) is 12.2 Å². The summed E-state index contributed by atoms with van der Waals surface area (Å²) in [6.07, 6.45) is 61.4. The quantitative estimate of drug-likeness (QED) is 0.0222. The maximum absolute atomic E-state index is 13.1. The van der Waals surface area contributed by atoms with E-state index in [4.69, 9.17) is 37.0 Å². The van der Waals surface area contributed by atoms with Gasteiger partial charge in [-0.3, -0.25) is 37.3 Å². The Bertz CT molecular complexity index is 1910. The first kappa shape index (κ1) is 97.1. The molecule has 2 unspecified atom stereocenters. The summed E-state index contributed by atoms with van der Waals surface area (Å²) >= 11 is 0. The van der Waals surface area contributed by atoms with E-state index in [-0.39, 0.29) is 25.7 Å². The van der Waals surface area contributed by atoms with Crippen LogP contribution in [0.2, 0.25) is 0 Å². The fourth-order valence-electron chi connectivity index (χ4n) is 12.4. The number of phosphoric ester groups is 2. The van der Waals surface area contributed by atoms with Crippen molar-refractivity contribution in [3.8, 4) is 0 Å². The molecule has 5 atom stereocenters. The Morgan fingerprint density at radius 1 is 0.273 bits per heavy atom. The molecule has 0 aliphatic carbocycles. The molecular weight excluding hydrogens is 1290 g/mol. The van der Waals surface area contributed by atoms with E-state index in [1.54, 1.807) is 0 Å². The number of hydrogen-bond donors (Lipinski definition) is 3. The molecular formula is C80H156O17P2. The molecule has 0 aromatic heterocycles. The van der Waals surface area contributed by atoms with Gasteiger partial charge in [0.2, 0.25) is 0 Å². The Morgan fingerprint density at radius 3 is 0.687 bits per heavy atom. The molecule has 0 bridgehead atoms. The molecule has 0 amide bonds. The van der Waals surface area contributed by atoms with Crippen LogP contribution < -0.4 is 0 Å². The van der Waals surface area contributed by atoms with Crippen LogP contribution in [0.25, 0.3) is 0 Å². The first-order valence-corrected chi connectivity index (χ1v) is 44.5. The molecule has 0 heterocycles. The zero-order valence-corrected chi connectivity index (χ0v) is 66.6. The molecule has 99 heavy (non-hydrogen) atoms. The largest absolute Gasteiger partial charge is 0.472 e. The fourth-order valence-corrected chi connectivity index (χ4v) is 13.9. The molecule has 0 rings (SSSR count). The summed E-state index contributed by atoms with van der Waals surface area (Å²) in [5.41, 5.74) is 0. The Hall–Kier alpha value is -1.94. The molecule has 0 fully saturated rings. The highest BCUT2D eigenvalue weighted by molar-refractivity contribution is 7.47. The van der Waals surface area contributed by atoms with Crippen LogP contribution in [0.3, 0.4) is 0 Å². The van der Waals surface area contributed by atoms with Crippen molar-refractivity contribution in [2.75, 3.05) is 39.6 Å². The standard InChI is InChI=1S/C80H156O17P2/c1-7-9-11-13-15-17-19-21-23-25-27-29-31-33-35-39-43-50-56-62-77(82)90-68-75(96-79(84)64-58-52-44-40-36-34-32-30-28-26-24-22-20-18-16-14-12-10-8-2)70-94-98(86,87)92-66-74(81)67-93-99(88,89)95-71-76(69-91-78(83)63-57-51-47-46-49-55-61-73(5)6)97-80(85)65-59-53-45-41-37-38-42-48-54-60-72(3)4/h72-76,81H,7-71H2,1-6H3,(H,86,87)(H,88,89)/t74-,75-,76-/m1/s1. The Morgan fingerprint density at radius 2 is 0.465 bits per heavy atom. The number of carbonyl (C=O) groups is 4. The lowest BCUT2D eigenvalue weighted by Crippen LogP contribution is -2.30. The minimum Gasteiger partial charge on any atom is -0.462 e. The van der Waals surface area contributed by atoms with E-state index in [9.17, 15) is 43.2 Å². The van der Waals surface area contributed by atoms with Gasteiger partial charge in [0.25, 0.3) is 0 Å². The molecule has 588 valence electrons. The SMILES string of the molecule is CCCCCCCCCCCCCCCCCCCCCC(=O)OC[C@H](COP(=O)(O)OC[C@@H](O)COP(=O)(O)OC[C@@H](COC(=O)CCCCCCCCC(C)C)OC(=O)CCCCCCCCCCCC(C)C)OC(=O)CCCCCCCCCCCCCCCCCCCCC. The monoisotopic (exact) mass is 1450 g/mol. The lowest BCUT2D eigenvalue weighted by molar-refractivity contribution is -0.161. The summed E-state index contributed by atoms with van der Waals surface area (Å²) in [7, 11) is -9.92. The topological polar surface area (TPSA) is 237 Å². The van der Waals surface area contributed by atoms with Gasteiger partial charge < -0.3 is 33.8 Å². The highest BCUT2D eigenvalue weighted by Crippen LogP contribution is 2.45. The van der Waals surface area contributed by atoms with Crippen LogP contribution in [0.15, 0.2) is 0 Å². The van der Waals surface area contributed by atoms with Crippen LogP contribution in [0, 0.1) is 11.8 Å². The van der Waals surface area contributed by atoms with Gasteiger partial charge in [-0.1, -0.05) is 369 Å². The average molecular weight is 1450 g/mol. The average Bonchev–Trinajstić information content (AvgIpc) is 1.22. The van der Waals surface area contributed by atoms with Gasteiger partial charge in [0.1, 0.15) is 19.3 Å². The highest BCUT2D eigenvalue weighted by Gasteiger charge is 2.30. The first-order valence-electron chi connectivity index (χ1n) is 41.5. The zero-order valence-electron chi connectivity index (χ0n) is 64.8. The van der Waals surface area contributed by atoms with E-state index in [2.05, 4.69) is 41.5 Å². The fraction of sp³-hybridized carbons (Fsp3) is 0.950. The molecule has 0 spiro atoms. The van der Waals surface area contributed by atoms with Crippen LogP contribution in [0.1, 0.15) is 420 Å². The van der Waals surface area contributed by atoms with E-state index in [0.717, 1.165) is 102 Å². The van der Waals surface area contributed by atoms with Crippen LogP contribution >= 0.6 is 15.6 Å². The number of rotatable bonds is 79. The van der Waals surface area contributed by atoms with E-state index in [0.29, 0.717) is 31.6 Å². The minimum atomic E-state index is -4.96. The number of aliphatic hydroxyl groups excluding tert-OH is 1. The van der Waals surface area contributed by atoms with Crippen molar-refractivity contribution in [3.63, 3.8) is 0 Å². The maximum atomic E-state index is 13.1. The third kappa shape index (κ3) is 74.1. The molecule has 0 aromatic carbocycles. The third-order valence-corrected chi connectivity index (χ3v) is 20.6. The predicted octanol–water partition coefficient (Wildman–Crippen LogP) is 23.9. The molecule has 3 N–H and O–H groups in total. The van der Waals surface area contributed by atoms with Crippen molar-refractivity contribution in [2.45, 2.75) is 439 Å². The van der Waals surface area contributed by atoms with Crippen molar-refractivity contribution in [1.82, 2.24) is 0 Å². The molecule has 19 heteroatoms. The third-order valence-electron chi connectivity index (χ3n) is 18.7. The summed E-state index contributed by atoms with van der Waals surface area (Å²) in [6, 6.07) is 0. The Balaban J connectivity index is 5.21. The molecule has 0 saturated heterocycles. The van der Waals surface area contributed by atoms with Gasteiger partial charge in [-0.25, -0.2) is 9.13 Å². The number of esters is 4. The second-order valence-electron chi connectivity index (χ2n) is 29.8. The molecule has 0 aromatic rings. The number of aliphatic hydroxyl groups is 1. The number of ether oxygens (including phenoxy) is 4. The van der Waals surface area contributed by atoms with Crippen molar-refractivity contribution >= 4 is 39.5 Å². The summed E-state index contributed by atoms with van der Waals surface area (Å²) in [5.74, 6) is -0.698. The number of phosphoric acid groups is 2. The lowest BCUT2D eigenvalue weighted by Gasteiger charge is -2.21. The molecule has 17 nitrogen and oxygen atoms in total. The Kier molecular flexibility index (Phi) is 70.3. The van der Waals surface area contributed by atoms with Crippen LogP contribution in [-0.2, 0) is 65.4 Å². The normalized spacial score (nSPS) is 13.9. The van der Waals surface area contributed by atoms with E-state index in [1.807, 2.05) is 0 Å². The van der Waals surface area contributed by atoms with Gasteiger partial charge in [0.05, 0.1) is 26.4 Å². The minimum absolute atomic E-state index is 0.104. The highest BCUT2D eigenvalue weighted by atomic mass is 31.2. The van der Waals surface area contributed by atoms with E-state index >= 15 is 0 Å². The summed E-state index contributed by atoms with van der Waals surface area (Å²) in [5, 5.41) is 10.6. The van der Waals surface area contributed by atoms with Crippen LogP contribution in [-0.4, -0.2) is 96.7 Å². The number of unbranched alkanes of at least 4 members (excludes halogenated alkanes) is 49.